The van der Waals surface area contributed by atoms with Crippen molar-refractivity contribution in [3.8, 4) is 6.07 Å². The summed E-state index contributed by atoms with van der Waals surface area (Å²) in [7, 11) is 0. The van der Waals surface area contributed by atoms with Crippen molar-refractivity contribution in [3.05, 3.63) is 35.4 Å². The molecule has 0 saturated heterocycles. The van der Waals surface area contributed by atoms with Crippen LogP contribution in [0.2, 0.25) is 0 Å². The molecule has 2 nitrogen and oxygen atoms in total. The predicted molar refractivity (Wildman–Crippen MR) is 78.9 cm³/mol. The Hall–Kier alpha value is -1.33. The summed E-state index contributed by atoms with van der Waals surface area (Å²) < 4.78 is 0. The van der Waals surface area contributed by atoms with Crippen molar-refractivity contribution in [2.75, 3.05) is 0 Å². The number of hydrogen-bond donors (Lipinski definition) is 1. The van der Waals surface area contributed by atoms with Crippen LogP contribution < -0.4 is 5.32 Å². The maximum atomic E-state index is 9.20. The van der Waals surface area contributed by atoms with E-state index in [2.05, 4.69) is 17.5 Å². The van der Waals surface area contributed by atoms with Crippen LogP contribution in [0.5, 0.6) is 0 Å². The van der Waals surface area contributed by atoms with Crippen LogP contribution >= 0.6 is 0 Å². The zero-order valence-corrected chi connectivity index (χ0v) is 11.9. The zero-order valence-electron chi connectivity index (χ0n) is 11.9. The van der Waals surface area contributed by atoms with E-state index in [4.69, 9.17) is 0 Å². The van der Waals surface area contributed by atoms with Crippen molar-refractivity contribution < 1.29 is 0 Å². The third-order valence-electron chi connectivity index (χ3n) is 5.83. The Morgan fingerprint density at radius 3 is 2.25 bits per heavy atom. The minimum atomic E-state index is 0.386. The number of rotatable bonds is 3. The molecule has 4 aliphatic rings. The summed E-state index contributed by atoms with van der Waals surface area (Å²) in [6, 6.07) is 10.3. The molecule has 5 rings (SSSR count). The first-order valence-electron chi connectivity index (χ1n) is 7.99. The molecule has 0 spiro atoms. The van der Waals surface area contributed by atoms with Gasteiger partial charge < -0.3 is 5.32 Å². The van der Waals surface area contributed by atoms with Crippen molar-refractivity contribution in [1.82, 2.24) is 5.32 Å². The van der Waals surface area contributed by atoms with Crippen LogP contribution in [0.4, 0.5) is 0 Å². The Balaban J connectivity index is 1.51. The van der Waals surface area contributed by atoms with Gasteiger partial charge in [0.15, 0.2) is 0 Å². The van der Waals surface area contributed by atoms with Gasteiger partial charge in [-0.05, 0) is 67.9 Å². The third-order valence-corrected chi connectivity index (χ3v) is 5.83. The van der Waals surface area contributed by atoms with E-state index in [0.717, 1.165) is 35.4 Å². The largest absolute Gasteiger partial charge is 0.307 e. The molecule has 0 amide bonds. The maximum Gasteiger partial charge on any atom is 0.0995 e. The number of hydrogen-bond acceptors (Lipinski definition) is 2. The normalized spacial score (nSPS) is 37.9. The SMILES string of the molecule is N#Cc1ccccc1CNC12CC3CC(CC(C3)C1)C2. The van der Waals surface area contributed by atoms with Gasteiger partial charge in [0.2, 0.25) is 0 Å². The lowest BCUT2D eigenvalue weighted by molar-refractivity contribution is -0.0206. The van der Waals surface area contributed by atoms with Crippen LogP contribution in [0.15, 0.2) is 24.3 Å². The average Bonchev–Trinajstić information content (AvgIpc) is 2.44. The summed E-state index contributed by atoms with van der Waals surface area (Å²) in [6.45, 7) is 0.857. The lowest BCUT2D eigenvalue weighted by atomic mass is 9.53. The van der Waals surface area contributed by atoms with E-state index in [1.54, 1.807) is 0 Å². The molecule has 1 aromatic rings. The van der Waals surface area contributed by atoms with E-state index in [1.807, 2.05) is 18.2 Å². The Bertz CT molecular complexity index is 519. The van der Waals surface area contributed by atoms with Crippen LogP contribution in [-0.2, 0) is 6.54 Å². The van der Waals surface area contributed by atoms with Crippen LogP contribution in [0.1, 0.15) is 49.7 Å². The quantitative estimate of drug-likeness (QED) is 0.907. The van der Waals surface area contributed by atoms with E-state index >= 15 is 0 Å². The van der Waals surface area contributed by atoms with Gasteiger partial charge in [-0.3, -0.25) is 0 Å². The predicted octanol–water partition coefficient (Wildman–Crippen LogP) is 3.62. The summed E-state index contributed by atoms with van der Waals surface area (Å²) in [5.41, 5.74) is 2.37. The molecule has 0 unspecified atom stereocenters. The fourth-order valence-electron chi connectivity index (χ4n) is 5.39. The number of benzene rings is 1. The highest BCUT2D eigenvalue weighted by atomic mass is 15.0. The summed E-state index contributed by atoms with van der Waals surface area (Å²) >= 11 is 0. The molecule has 1 aromatic carbocycles. The van der Waals surface area contributed by atoms with Crippen molar-refractivity contribution in [1.29, 1.82) is 5.26 Å². The van der Waals surface area contributed by atoms with Crippen molar-refractivity contribution in [3.63, 3.8) is 0 Å². The standard InChI is InChI=1S/C18H22N2/c19-11-16-3-1-2-4-17(16)12-20-18-8-13-5-14(9-18)7-15(6-13)10-18/h1-4,13-15,20H,5-10,12H2. The number of nitrogens with zero attached hydrogens (tertiary/aromatic N) is 1. The van der Waals surface area contributed by atoms with Crippen molar-refractivity contribution in [2.45, 2.75) is 50.6 Å². The fourth-order valence-corrected chi connectivity index (χ4v) is 5.39. The molecule has 2 heteroatoms. The average molecular weight is 266 g/mol. The Morgan fingerprint density at radius 1 is 1.05 bits per heavy atom. The molecule has 1 N–H and O–H groups in total. The Labute approximate surface area is 121 Å². The molecule has 4 aliphatic carbocycles. The maximum absolute atomic E-state index is 9.20. The highest BCUT2D eigenvalue weighted by Crippen LogP contribution is 2.55. The van der Waals surface area contributed by atoms with Gasteiger partial charge in [0, 0.05) is 12.1 Å². The summed E-state index contributed by atoms with van der Waals surface area (Å²) in [5, 5.41) is 13.1. The molecule has 0 heterocycles. The molecule has 0 atom stereocenters. The summed E-state index contributed by atoms with van der Waals surface area (Å²) in [4.78, 5) is 0. The van der Waals surface area contributed by atoms with Gasteiger partial charge in [-0.1, -0.05) is 18.2 Å². The number of nitrogens with one attached hydrogen (secondary N) is 1. The number of nitriles is 1. The second-order valence-corrected chi connectivity index (χ2v) is 7.32. The fraction of sp³-hybridized carbons (Fsp3) is 0.611. The minimum absolute atomic E-state index is 0.386. The van der Waals surface area contributed by atoms with Crippen LogP contribution in [0, 0.1) is 29.1 Å². The van der Waals surface area contributed by atoms with E-state index in [0.29, 0.717) is 5.54 Å². The van der Waals surface area contributed by atoms with Gasteiger partial charge in [-0.2, -0.15) is 5.26 Å². The molecule has 104 valence electrons. The van der Waals surface area contributed by atoms with E-state index < -0.39 is 0 Å². The highest BCUT2D eigenvalue weighted by Gasteiger charge is 2.50. The van der Waals surface area contributed by atoms with Gasteiger partial charge in [0.05, 0.1) is 11.6 Å². The van der Waals surface area contributed by atoms with Crippen molar-refractivity contribution in [2.24, 2.45) is 17.8 Å². The smallest absolute Gasteiger partial charge is 0.0995 e. The van der Waals surface area contributed by atoms with Gasteiger partial charge in [0.25, 0.3) is 0 Å². The molecule has 20 heavy (non-hydrogen) atoms. The monoisotopic (exact) mass is 266 g/mol. The minimum Gasteiger partial charge on any atom is -0.307 e. The van der Waals surface area contributed by atoms with Gasteiger partial charge in [-0.25, -0.2) is 0 Å². The van der Waals surface area contributed by atoms with Crippen LogP contribution in [0.25, 0.3) is 0 Å². The summed E-state index contributed by atoms with van der Waals surface area (Å²) in [6.07, 6.45) is 8.55. The molecular formula is C18H22N2. The Morgan fingerprint density at radius 2 is 1.65 bits per heavy atom. The van der Waals surface area contributed by atoms with E-state index in [1.165, 1.54) is 38.5 Å². The molecule has 4 saturated carbocycles. The van der Waals surface area contributed by atoms with E-state index in [-0.39, 0.29) is 0 Å². The van der Waals surface area contributed by atoms with Gasteiger partial charge >= 0.3 is 0 Å². The molecular weight excluding hydrogens is 244 g/mol. The topological polar surface area (TPSA) is 35.8 Å². The second-order valence-electron chi connectivity index (χ2n) is 7.32. The molecule has 0 aromatic heterocycles. The van der Waals surface area contributed by atoms with E-state index in [9.17, 15) is 5.26 Å². The van der Waals surface area contributed by atoms with Gasteiger partial charge in [0.1, 0.15) is 0 Å². The van der Waals surface area contributed by atoms with Gasteiger partial charge in [-0.15, -0.1) is 0 Å². The van der Waals surface area contributed by atoms with Crippen LogP contribution in [-0.4, -0.2) is 5.54 Å². The highest BCUT2D eigenvalue weighted by molar-refractivity contribution is 5.37. The Kier molecular flexibility index (Phi) is 2.86. The second kappa shape index (κ2) is 4.60. The zero-order chi connectivity index (χ0) is 13.6. The first-order valence-corrected chi connectivity index (χ1v) is 7.99. The summed E-state index contributed by atoms with van der Waals surface area (Å²) in [5.74, 6) is 2.92. The lowest BCUT2D eigenvalue weighted by Gasteiger charge is -2.57. The molecule has 0 radical (unpaired) electrons. The molecule has 4 bridgehead atoms. The van der Waals surface area contributed by atoms with Crippen molar-refractivity contribution >= 4 is 0 Å². The molecule has 0 aliphatic heterocycles. The third kappa shape index (κ3) is 2.05. The molecule has 4 fully saturated rings. The van der Waals surface area contributed by atoms with Crippen LogP contribution in [0.3, 0.4) is 0 Å². The lowest BCUT2D eigenvalue weighted by Crippen LogP contribution is -2.58. The first kappa shape index (κ1) is 12.4. The first-order chi connectivity index (χ1) is 9.76.